The van der Waals surface area contributed by atoms with E-state index in [1.165, 1.54) is 13.0 Å². The Morgan fingerprint density at radius 1 is 1.10 bits per heavy atom. The summed E-state index contributed by atoms with van der Waals surface area (Å²) < 4.78 is 0. The first-order chi connectivity index (χ1) is 9.74. The van der Waals surface area contributed by atoms with E-state index in [2.05, 4.69) is 15.1 Å². The van der Waals surface area contributed by atoms with Crippen LogP contribution in [0.2, 0.25) is 10.0 Å². The lowest BCUT2D eigenvalue weighted by Crippen LogP contribution is -2.50. The summed E-state index contributed by atoms with van der Waals surface area (Å²) in [6.45, 7) is 7.66. The van der Waals surface area contributed by atoms with Gasteiger partial charge >= 0.3 is 0 Å². The van der Waals surface area contributed by atoms with Crippen LogP contribution in [0.1, 0.15) is 12.0 Å². The highest BCUT2D eigenvalue weighted by Crippen LogP contribution is 2.26. The van der Waals surface area contributed by atoms with Crippen molar-refractivity contribution in [2.75, 3.05) is 39.3 Å². The maximum Gasteiger partial charge on any atom is 0.0465 e. The highest BCUT2D eigenvalue weighted by Gasteiger charge is 2.26. The van der Waals surface area contributed by atoms with Gasteiger partial charge in [-0.25, -0.2) is 0 Å². The molecular formula is C15H22Cl3N3. The number of benzene rings is 1. The summed E-state index contributed by atoms with van der Waals surface area (Å²) in [4.78, 5) is 5.07. The molecule has 6 heteroatoms. The monoisotopic (exact) mass is 349 g/mol. The second-order valence-electron chi connectivity index (χ2n) is 5.66. The van der Waals surface area contributed by atoms with Gasteiger partial charge in [0.1, 0.15) is 0 Å². The molecule has 0 radical (unpaired) electrons. The van der Waals surface area contributed by atoms with E-state index in [1.54, 1.807) is 0 Å². The molecule has 2 heterocycles. The lowest BCUT2D eigenvalue weighted by Gasteiger charge is -2.38. The molecule has 118 valence electrons. The minimum absolute atomic E-state index is 0. The number of nitrogens with one attached hydrogen (secondary N) is 1. The van der Waals surface area contributed by atoms with Crippen molar-refractivity contribution in [1.29, 1.82) is 0 Å². The Bertz CT molecular complexity index is 435. The molecule has 2 aliphatic rings. The molecule has 2 saturated heterocycles. The van der Waals surface area contributed by atoms with Crippen molar-refractivity contribution < 1.29 is 0 Å². The fourth-order valence-electron chi connectivity index (χ4n) is 3.14. The molecule has 0 aliphatic carbocycles. The van der Waals surface area contributed by atoms with Gasteiger partial charge in [0.15, 0.2) is 0 Å². The molecule has 0 spiro atoms. The van der Waals surface area contributed by atoms with Gasteiger partial charge < -0.3 is 5.32 Å². The first kappa shape index (κ1) is 17.3. The van der Waals surface area contributed by atoms with Crippen LogP contribution in [-0.4, -0.2) is 55.1 Å². The largest absolute Gasteiger partial charge is 0.315 e. The summed E-state index contributed by atoms with van der Waals surface area (Å²) in [6.07, 6.45) is 1.29. The van der Waals surface area contributed by atoms with Crippen molar-refractivity contribution in [3.63, 3.8) is 0 Å². The zero-order chi connectivity index (χ0) is 13.9. The number of hydrogen-bond donors (Lipinski definition) is 1. The number of nitrogens with zero attached hydrogens (tertiary/aromatic N) is 2. The van der Waals surface area contributed by atoms with Gasteiger partial charge in [-0.1, -0.05) is 29.3 Å². The summed E-state index contributed by atoms with van der Waals surface area (Å²) in [5.41, 5.74) is 1.06. The predicted molar refractivity (Wildman–Crippen MR) is 91.8 cm³/mol. The minimum Gasteiger partial charge on any atom is -0.315 e. The number of piperazine rings is 1. The first-order valence-corrected chi connectivity index (χ1v) is 8.09. The van der Waals surface area contributed by atoms with Crippen molar-refractivity contribution in [3.05, 3.63) is 33.8 Å². The molecule has 0 bridgehead atoms. The molecule has 2 aliphatic heterocycles. The standard InChI is InChI=1S/C15H21Cl2N3.ClH/c16-14-2-1-3-15(17)13(14)11-19-6-8-20(9-7-19)12-4-5-18-10-12;/h1-3,12,18H,4-11H2;1H. The third-order valence-corrected chi connectivity index (χ3v) is 5.11. The molecule has 1 aromatic rings. The quantitative estimate of drug-likeness (QED) is 0.904. The van der Waals surface area contributed by atoms with Gasteiger partial charge in [0.05, 0.1) is 0 Å². The van der Waals surface area contributed by atoms with Crippen molar-refractivity contribution in [3.8, 4) is 0 Å². The van der Waals surface area contributed by atoms with Crippen molar-refractivity contribution in [2.45, 2.75) is 19.0 Å². The van der Waals surface area contributed by atoms with Gasteiger partial charge in [0.25, 0.3) is 0 Å². The Labute approximate surface area is 143 Å². The fourth-order valence-corrected chi connectivity index (χ4v) is 3.66. The van der Waals surface area contributed by atoms with E-state index >= 15 is 0 Å². The van der Waals surface area contributed by atoms with Crippen molar-refractivity contribution in [1.82, 2.24) is 15.1 Å². The van der Waals surface area contributed by atoms with E-state index in [-0.39, 0.29) is 12.4 Å². The Hall–Kier alpha value is -0.0300. The molecular weight excluding hydrogens is 329 g/mol. The summed E-state index contributed by atoms with van der Waals surface area (Å²) >= 11 is 12.5. The number of rotatable bonds is 3. The smallest absolute Gasteiger partial charge is 0.0465 e. The maximum absolute atomic E-state index is 6.25. The molecule has 1 atom stereocenters. The summed E-state index contributed by atoms with van der Waals surface area (Å²) in [6, 6.07) is 6.48. The van der Waals surface area contributed by atoms with E-state index in [0.717, 1.165) is 60.9 Å². The average Bonchev–Trinajstić information content (AvgIpc) is 2.98. The van der Waals surface area contributed by atoms with Gasteiger partial charge in [-0.15, -0.1) is 12.4 Å². The van der Waals surface area contributed by atoms with E-state index in [9.17, 15) is 0 Å². The lowest BCUT2D eigenvalue weighted by atomic mass is 10.1. The Kier molecular flexibility index (Phi) is 6.60. The second kappa shape index (κ2) is 8.00. The van der Waals surface area contributed by atoms with Crippen LogP contribution >= 0.6 is 35.6 Å². The van der Waals surface area contributed by atoms with Crippen LogP contribution in [0.15, 0.2) is 18.2 Å². The van der Waals surface area contributed by atoms with Crippen LogP contribution < -0.4 is 5.32 Å². The molecule has 0 amide bonds. The third-order valence-electron chi connectivity index (χ3n) is 4.40. The molecule has 0 saturated carbocycles. The van der Waals surface area contributed by atoms with Gasteiger partial charge in [-0.05, 0) is 25.1 Å². The van der Waals surface area contributed by atoms with Crippen LogP contribution in [0.25, 0.3) is 0 Å². The van der Waals surface area contributed by atoms with Crippen molar-refractivity contribution in [2.24, 2.45) is 0 Å². The highest BCUT2D eigenvalue weighted by atomic mass is 35.5. The molecule has 0 aromatic heterocycles. The third kappa shape index (κ3) is 4.25. The summed E-state index contributed by atoms with van der Waals surface area (Å²) in [7, 11) is 0. The van der Waals surface area contributed by atoms with Crippen molar-refractivity contribution >= 4 is 35.6 Å². The number of halogens is 3. The Balaban J connectivity index is 0.00000161. The zero-order valence-electron chi connectivity index (χ0n) is 12.0. The molecule has 1 N–H and O–H groups in total. The van der Waals surface area contributed by atoms with E-state index < -0.39 is 0 Å². The molecule has 21 heavy (non-hydrogen) atoms. The Morgan fingerprint density at radius 2 is 1.76 bits per heavy atom. The second-order valence-corrected chi connectivity index (χ2v) is 6.47. The van der Waals surface area contributed by atoms with Crippen LogP contribution in [0.4, 0.5) is 0 Å². The van der Waals surface area contributed by atoms with Crippen LogP contribution in [-0.2, 0) is 6.54 Å². The summed E-state index contributed by atoms with van der Waals surface area (Å²) in [5.74, 6) is 0. The average molecular weight is 351 g/mol. The number of hydrogen-bond acceptors (Lipinski definition) is 3. The van der Waals surface area contributed by atoms with E-state index in [4.69, 9.17) is 23.2 Å². The van der Waals surface area contributed by atoms with E-state index in [0.29, 0.717) is 0 Å². The minimum atomic E-state index is 0. The Morgan fingerprint density at radius 3 is 2.33 bits per heavy atom. The van der Waals surface area contributed by atoms with Crippen LogP contribution in [0.5, 0.6) is 0 Å². The fraction of sp³-hybridized carbons (Fsp3) is 0.600. The zero-order valence-corrected chi connectivity index (χ0v) is 14.4. The van der Waals surface area contributed by atoms with Gasteiger partial charge in [-0.3, -0.25) is 9.80 Å². The van der Waals surface area contributed by atoms with Gasteiger partial charge in [0, 0.05) is 60.9 Å². The lowest BCUT2D eigenvalue weighted by molar-refractivity contribution is 0.0982. The topological polar surface area (TPSA) is 18.5 Å². The normalized spacial score (nSPS) is 24.0. The molecule has 1 unspecified atom stereocenters. The van der Waals surface area contributed by atoms with E-state index in [1.807, 2.05) is 18.2 Å². The van der Waals surface area contributed by atoms with Gasteiger partial charge in [0.2, 0.25) is 0 Å². The van der Waals surface area contributed by atoms with Gasteiger partial charge in [-0.2, -0.15) is 0 Å². The highest BCUT2D eigenvalue weighted by molar-refractivity contribution is 6.35. The van der Waals surface area contributed by atoms with Crippen LogP contribution in [0.3, 0.4) is 0 Å². The molecule has 3 rings (SSSR count). The summed E-state index contributed by atoms with van der Waals surface area (Å²) in [5, 5.41) is 5.00. The predicted octanol–water partition coefficient (Wildman–Crippen LogP) is 2.89. The SMILES string of the molecule is Cl.Clc1cccc(Cl)c1CN1CCN(C2CCNC2)CC1. The molecule has 3 nitrogen and oxygen atoms in total. The molecule has 2 fully saturated rings. The van der Waals surface area contributed by atoms with Crippen LogP contribution in [0, 0.1) is 0 Å². The maximum atomic E-state index is 6.25. The first-order valence-electron chi connectivity index (χ1n) is 7.34. The molecule has 1 aromatic carbocycles.